The summed E-state index contributed by atoms with van der Waals surface area (Å²) < 4.78 is 2.21. The van der Waals surface area contributed by atoms with Crippen LogP contribution in [0, 0.1) is 0 Å². The van der Waals surface area contributed by atoms with Gasteiger partial charge in [0.1, 0.15) is 0 Å². The number of carbonyl (C=O) groups is 1. The number of H-pyrrole nitrogens is 1. The molecule has 27 heavy (non-hydrogen) atoms. The van der Waals surface area contributed by atoms with E-state index in [4.69, 9.17) is 0 Å². The first-order valence-corrected chi connectivity index (χ1v) is 10.2. The molecule has 1 aromatic carbocycles. The number of fused-ring (bicyclic) bond motifs is 1. The molecule has 3 aromatic rings. The van der Waals surface area contributed by atoms with Gasteiger partial charge in [0.05, 0.1) is 5.25 Å². The van der Waals surface area contributed by atoms with Gasteiger partial charge < -0.3 is 10.3 Å². The van der Waals surface area contributed by atoms with Gasteiger partial charge in [-0.2, -0.15) is 0 Å². The monoisotopic (exact) mass is 383 g/mol. The summed E-state index contributed by atoms with van der Waals surface area (Å²) in [6.45, 7) is 7.89. The molecular formula is C20H25N5OS. The largest absolute Gasteiger partial charge is 0.360 e. The zero-order valence-electron chi connectivity index (χ0n) is 16.1. The minimum absolute atomic E-state index is 0.0199. The Hall–Kier alpha value is -2.28. The van der Waals surface area contributed by atoms with Crippen LogP contribution in [-0.4, -0.2) is 36.4 Å². The van der Waals surface area contributed by atoms with Gasteiger partial charge in [0.25, 0.3) is 0 Å². The van der Waals surface area contributed by atoms with Crippen molar-refractivity contribution in [1.82, 2.24) is 25.1 Å². The van der Waals surface area contributed by atoms with E-state index in [1.54, 1.807) is 0 Å². The minimum Gasteiger partial charge on any atom is -0.360 e. The molecule has 2 heterocycles. The van der Waals surface area contributed by atoms with Gasteiger partial charge in [-0.05, 0) is 46.6 Å². The fraction of sp³-hybridized carbons (Fsp3) is 0.450. The molecule has 2 aromatic heterocycles. The molecule has 2 N–H and O–H groups in total. The molecule has 0 radical (unpaired) electrons. The Labute approximate surface area is 163 Å². The van der Waals surface area contributed by atoms with Gasteiger partial charge in [0.15, 0.2) is 11.0 Å². The second-order valence-electron chi connectivity index (χ2n) is 8.15. The number of nitrogens with one attached hydrogen (secondary N) is 2. The molecular weight excluding hydrogens is 358 g/mol. The lowest BCUT2D eigenvalue weighted by molar-refractivity contribution is -0.121. The van der Waals surface area contributed by atoms with Crippen LogP contribution in [-0.2, 0) is 4.79 Å². The van der Waals surface area contributed by atoms with Crippen molar-refractivity contribution in [2.24, 2.45) is 0 Å². The molecule has 0 spiro atoms. The summed E-state index contributed by atoms with van der Waals surface area (Å²) in [5, 5.41) is 13.7. The van der Waals surface area contributed by atoms with Crippen LogP contribution in [0.3, 0.4) is 0 Å². The van der Waals surface area contributed by atoms with E-state index in [1.165, 1.54) is 11.8 Å². The number of amides is 1. The molecule has 1 fully saturated rings. The SMILES string of the molecule is C[C@@H](Sc1nnc(-c2c[nH]c3ccccc23)n1C1CC1)C(=O)NC(C)(C)C. The summed E-state index contributed by atoms with van der Waals surface area (Å²) in [5.74, 6) is 0.896. The summed E-state index contributed by atoms with van der Waals surface area (Å²) >= 11 is 1.48. The highest BCUT2D eigenvalue weighted by molar-refractivity contribution is 8.00. The Morgan fingerprint density at radius 1 is 1.30 bits per heavy atom. The Balaban J connectivity index is 1.65. The second-order valence-corrected chi connectivity index (χ2v) is 9.46. The van der Waals surface area contributed by atoms with Gasteiger partial charge in [-0.15, -0.1) is 10.2 Å². The van der Waals surface area contributed by atoms with E-state index in [1.807, 2.05) is 46.0 Å². The fourth-order valence-corrected chi connectivity index (χ4v) is 4.06. The number of aromatic nitrogens is 4. The van der Waals surface area contributed by atoms with Gasteiger partial charge >= 0.3 is 0 Å². The Bertz CT molecular complexity index is 980. The maximum Gasteiger partial charge on any atom is 0.233 e. The highest BCUT2D eigenvalue weighted by Crippen LogP contribution is 2.42. The van der Waals surface area contributed by atoms with E-state index in [-0.39, 0.29) is 16.7 Å². The number of rotatable bonds is 5. The number of carbonyl (C=O) groups excluding carboxylic acids is 1. The Morgan fingerprint density at radius 3 is 2.74 bits per heavy atom. The minimum atomic E-state index is -0.245. The molecule has 0 saturated heterocycles. The maximum absolute atomic E-state index is 12.5. The third-order valence-corrected chi connectivity index (χ3v) is 5.61. The summed E-state index contributed by atoms with van der Waals surface area (Å²) in [6.07, 6.45) is 4.25. The van der Waals surface area contributed by atoms with Crippen molar-refractivity contribution in [1.29, 1.82) is 0 Å². The van der Waals surface area contributed by atoms with Crippen LogP contribution in [0.1, 0.15) is 46.6 Å². The second kappa shape index (κ2) is 6.71. The van der Waals surface area contributed by atoms with E-state index in [0.717, 1.165) is 40.3 Å². The Morgan fingerprint density at radius 2 is 2.04 bits per heavy atom. The lowest BCUT2D eigenvalue weighted by Gasteiger charge is -2.23. The average Bonchev–Trinajstić information content (AvgIpc) is 3.21. The van der Waals surface area contributed by atoms with E-state index >= 15 is 0 Å². The standard InChI is InChI=1S/C20H25N5OS/c1-12(18(26)22-20(2,3)4)27-19-24-23-17(25(19)13-9-10-13)15-11-21-16-8-6-5-7-14(15)16/h5-8,11-13,21H,9-10H2,1-4H3,(H,22,26)/t12-/m1/s1. The molecule has 4 rings (SSSR count). The number of nitrogens with zero attached hydrogens (tertiary/aromatic N) is 3. The number of benzene rings is 1. The number of aromatic amines is 1. The van der Waals surface area contributed by atoms with Crippen molar-refractivity contribution < 1.29 is 4.79 Å². The average molecular weight is 384 g/mol. The molecule has 1 atom stereocenters. The Kier molecular flexibility index (Phi) is 4.50. The molecule has 142 valence electrons. The summed E-state index contributed by atoms with van der Waals surface area (Å²) in [5.41, 5.74) is 1.90. The number of hydrogen-bond acceptors (Lipinski definition) is 4. The summed E-state index contributed by atoms with van der Waals surface area (Å²) in [4.78, 5) is 15.8. The van der Waals surface area contributed by atoms with E-state index in [9.17, 15) is 4.79 Å². The van der Waals surface area contributed by atoms with Crippen molar-refractivity contribution in [3.8, 4) is 11.4 Å². The number of para-hydroxylation sites is 1. The molecule has 1 saturated carbocycles. The first-order chi connectivity index (χ1) is 12.8. The van der Waals surface area contributed by atoms with Crippen LogP contribution < -0.4 is 5.32 Å². The van der Waals surface area contributed by atoms with Crippen LogP contribution >= 0.6 is 11.8 Å². The van der Waals surface area contributed by atoms with Crippen molar-refractivity contribution in [3.63, 3.8) is 0 Å². The molecule has 1 aliphatic rings. The van der Waals surface area contributed by atoms with Gasteiger partial charge in [0, 0.05) is 34.2 Å². The van der Waals surface area contributed by atoms with Gasteiger partial charge in [-0.3, -0.25) is 9.36 Å². The zero-order valence-corrected chi connectivity index (χ0v) is 16.9. The van der Waals surface area contributed by atoms with Gasteiger partial charge in [-0.25, -0.2) is 0 Å². The maximum atomic E-state index is 12.5. The van der Waals surface area contributed by atoms with Crippen LogP contribution in [0.4, 0.5) is 0 Å². The number of hydrogen-bond donors (Lipinski definition) is 2. The quantitative estimate of drug-likeness (QED) is 0.649. The van der Waals surface area contributed by atoms with Crippen LogP contribution in [0.2, 0.25) is 0 Å². The van der Waals surface area contributed by atoms with E-state index in [0.29, 0.717) is 6.04 Å². The fourth-order valence-electron chi connectivity index (χ4n) is 3.14. The normalized spacial score (nSPS) is 15.9. The summed E-state index contributed by atoms with van der Waals surface area (Å²) in [6, 6.07) is 8.63. The third-order valence-electron chi connectivity index (χ3n) is 4.56. The lowest BCUT2D eigenvalue weighted by Crippen LogP contribution is -2.44. The van der Waals surface area contributed by atoms with Crippen molar-refractivity contribution in [3.05, 3.63) is 30.5 Å². The van der Waals surface area contributed by atoms with Gasteiger partial charge in [0.2, 0.25) is 5.91 Å². The van der Waals surface area contributed by atoms with E-state index in [2.05, 4.69) is 37.2 Å². The number of thioether (sulfide) groups is 1. The van der Waals surface area contributed by atoms with Crippen LogP contribution in [0.5, 0.6) is 0 Å². The molecule has 1 amide bonds. The predicted molar refractivity (Wildman–Crippen MR) is 109 cm³/mol. The topological polar surface area (TPSA) is 75.6 Å². The van der Waals surface area contributed by atoms with Gasteiger partial charge in [-0.1, -0.05) is 30.0 Å². The highest BCUT2D eigenvalue weighted by Gasteiger charge is 2.32. The zero-order chi connectivity index (χ0) is 19.2. The first-order valence-electron chi connectivity index (χ1n) is 9.33. The molecule has 0 bridgehead atoms. The smallest absolute Gasteiger partial charge is 0.233 e. The van der Waals surface area contributed by atoms with E-state index < -0.39 is 0 Å². The van der Waals surface area contributed by atoms with Crippen molar-refractivity contribution >= 4 is 28.6 Å². The van der Waals surface area contributed by atoms with Crippen molar-refractivity contribution in [2.45, 2.75) is 62.5 Å². The molecule has 0 unspecified atom stereocenters. The molecule has 7 heteroatoms. The highest BCUT2D eigenvalue weighted by atomic mass is 32.2. The lowest BCUT2D eigenvalue weighted by atomic mass is 10.1. The van der Waals surface area contributed by atoms with Crippen molar-refractivity contribution in [2.75, 3.05) is 0 Å². The van der Waals surface area contributed by atoms with Crippen LogP contribution in [0.15, 0.2) is 35.6 Å². The first kappa shape index (κ1) is 18.1. The summed E-state index contributed by atoms with van der Waals surface area (Å²) in [7, 11) is 0. The van der Waals surface area contributed by atoms with Crippen LogP contribution in [0.25, 0.3) is 22.3 Å². The third kappa shape index (κ3) is 3.74. The predicted octanol–water partition coefficient (Wildman–Crippen LogP) is 4.16. The molecule has 6 nitrogen and oxygen atoms in total. The molecule has 0 aliphatic heterocycles. The molecule has 1 aliphatic carbocycles.